The highest BCUT2D eigenvalue weighted by atomic mass is 32.2. The molecule has 0 saturated carbocycles. The van der Waals surface area contributed by atoms with Gasteiger partial charge in [-0.15, -0.1) is 0 Å². The van der Waals surface area contributed by atoms with Gasteiger partial charge < -0.3 is 5.32 Å². The van der Waals surface area contributed by atoms with E-state index in [-0.39, 0.29) is 17.3 Å². The van der Waals surface area contributed by atoms with E-state index in [1.165, 1.54) is 34.4 Å². The van der Waals surface area contributed by atoms with Gasteiger partial charge in [0.1, 0.15) is 6.07 Å². The highest BCUT2D eigenvalue weighted by molar-refractivity contribution is 7.90. The van der Waals surface area contributed by atoms with Crippen molar-refractivity contribution in [3.63, 3.8) is 0 Å². The Labute approximate surface area is 208 Å². The predicted octanol–water partition coefficient (Wildman–Crippen LogP) is 4.74. The summed E-state index contributed by atoms with van der Waals surface area (Å²) in [6.07, 6.45) is 4.66. The van der Waals surface area contributed by atoms with Crippen molar-refractivity contribution in [3.8, 4) is 17.2 Å². The summed E-state index contributed by atoms with van der Waals surface area (Å²) in [5.74, 6) is -0.362. The number of nitriles is 1. The highest BCUT2D eigenvalue weighted by Gasteiger charge is 2.22. The number of para-hydroxylation sites is 1. The van der Waals surface area contributed by atoms with Crippen molar-refractivity contribution < 1.29 is 13.2 Å². The maximum atomic E-state index is 13.6. The molecule has 5 aromatic rings. The Kier molecular flexibility index (Phi) is 6.07. The summed E-state index contributed by atoms with van der Waals surface area (Å²) < 4.78 is 28.4. The third kappa shape index (κ3) is 4.35. The van der Waals surface area contributed by atoms with Crippen LogP contribution in [0.25, 0.3) is 22.0 Å². The zero-order valence-electron chi connectivity index (χ0n) is 19.0. The van der Waals surface area contributed by atoms with Gasteiger partial charge in [-0.1, -0.05) is 48.5 Å². The summed E-state index contributed by atoms with van der Waals surface area (Å²) in [5, 5.41) is 12.6. The van der Waals surface area contributed by atoms with Gasteiger partial charge in [0.2, 0.25) is 0 Å². The molecule has 0 radical (unpaired) electrons. The number of rotatable bonds is 6. The summed E-state index contributed by atoms with van der Waals surface area (Å²) in [6, 6.07) is 26.5. The quantitative estimate of drug-likeness (QED) is 0.369. The summed E-state index contributed by atoms with van der Waals surface area (Å²) in [5.41, 5.74) is 3.73. The Bertz CT molecular complexity index is 1720. The minimum atomic E-state index is -3.91. The molecule has 0 atom stereocenters. The predicted molar refractivity (Wildman–Crippen MR) is 137 cm³/mol. The largest absolute Gasteiger partial charge is 0.348 e. The van der Waals surface area contributed by atoms with Crippen molar-refractivity contribution in [1.82, 2.24) is 14.3 Å². The molecule has 176 valence electrons. The average molecular weight is 493 g/mol. The molecule has 8 heteroatoms. The molecule has 2 aromatic heterocycles. The first kappa shape index (κ1) is 23.0. The van der Waals surface area contributed by atoms with E-state index in [9.17, 15) is 13.2 Å². The summed E-state index contributed by atoms with van der Waals surface area (Å²) in [7, 11) is -3.91. The number of aromatic nitrogens is 2. The topological polar surface area (TPSA) is 105 Å². The number of fused-ring (bicyclic) bond motifs is 1. The van der Waals surface area contributed by atoms with E-state index in [4.69, 9.17) is 5.26 Å². The van der Waals surface area contributed by atoms with Gasteiger partial charge in [-0.2, -0.15) is 5.26 Å². The van der Waals surface area contributed by atoms with Crippen LogP contribution in [0.1, 0.15) is 21.5 Å². The van der Waals surface area contributed by atoms with E-state index in [1.807, 2.05) is 48.5 Å². The van der Waals surface area contributed by atoms with Gasteiger partial charge in [-0.3, -0.25) is 9.78 Å². The van der Waals surface area contributed by atoms with Crippen LogP contribution >= 0.6 is 0 Å². The van der Waals surface area contributed by atoms with Gasteiger partial charge in [0.05, 0.1) is 16.0 Å². The van der Waals surface area contributed by atoms with Crippen molar-refractivity contribution >= 4 is 26.8 Å². The molecule has 0 aliphatic heterocycles. The fraction of sp³-hybridized carbons (Fsp3) is 0.0357. The number of hydrogen-bond acceptors (Lipinski definition) is 5. The summed E-state index contributed by atoms with van der Waals surface area (Å²) in [6.45, 7) is 0.193. The second-order valence-corrected chi connectivity index (χ2v) is 9.94. The van der Waals surface area contributed by atoms with Crippen LogP contribution in [0.15, 0.2) is 108 Å². The molecule has 3 aromatic carbocycles. The van der Waals surface area contributed by atoms with Crippen LogP contribution in [0.2, 0.25) is 0 Å². The van der Waals surface area contributed by atoms with Crippen LogP contribution in [0.4, 0.5) is 0 Å². The monoisotopic (exact) mass is 492 g/mol. The number of carbonyl (C=O) groups is 1. The first-order chi connectivity index (χ1) is 17.5. The molecule has 2 heterocycles. The highest BCUT2D eigenvalue weighted by Crippen LogP contribution is 2.32. The lowest BCUT2D eigenvalue weighted by Crippen LogP contribution is -2.23. The van der Waals surface area contributed by atoms with Crippen LogP contribution in [-0.2, 0) is 16.6 Å². The van der Waals surface area contributed by atoms with Gasteiger partial charge in [0.25, 0.3) is 15.9 Å². The molecular formula is C28H20N4O3S. The number of benzene rings is 3. The van der Waals surface area contributed by atoms with Crippen LogP contribution < -0.4 is 5.32 Å². The molecule has 7 nitrogen and oxygen atoms in total. The second-order valence-electron chi connectivity index (χ2n) is 8.13. The van der Waals surface area contributed by atoms with Crippen molar-refractivity contribution in [3.05, 3.63) is 120 Å². The lowest BCUT2D eigenvalue weighted by Gasteiger charge is -2.09. The molecule has 1 amide bonds. The van der Waals surface area contributed by atoms with E-state index < -0.39 is 10.0 Å². The Morgan fingerprint density at radius 1 is 0.944 bits per heavy atom. The fourth-order valence-corrected chi connectivity index (χ4v) is 5.39. The van der Waals surface area contributed by atoms with Crippen molar-refractivity contribution in [2.75, 3.05) is 0 Å². The number of nitrogens with one attached hydrogen (secondary N) is 1. The zero-order chi connectivity index (χ0) is 25.1. The van der Waals surface area contributed by atoms with E-state index in [0.29, 0.717) is 22.2 Å². The summed E-state index contributed by atoms with van der Waals surface area (Å²) >= 11 is 0. The minimum absolute atomic E-state index is 0.0744. The van der Waals surface area contributed by atoms with Crippen molar-refractivity contribution in [2.24, 2.45) is 0 Å². The van der Waals surface area contributed by atoms with Crippen LogP contribution in [0.3, 0.4) is 0 Å². The van der Waals surface area contributed by atoms with Gasteiger partial charge in [0.15, 0.2) is 0 Å². The fourth-order valence-electron chi connectivity index (χ4n) is 4.02. The third-order valence-electron chi connectivity index (χ3n) is 5.81. The van der Waals surface area contributed by atoms with Crippen molar-refractivity contribution in [2.45, 2.75) is 11.4 Å². The van der Waals surface area contributed by atoms with Gasteiger partial charge in [-0.05, 0) is 47.5 Å². The van der Waals surface area contributed by atoms with Crippen molar-refractivity contribution in [1.29, 1.82) is 5.26 Å². The first-order valence-electron chi connectivity index (χ1n) is 11.1. The standard InChI is InChI=1S/C28H20N4O3S/c29-15-20-14-21(17-30-16-20)18-31-28(33)23-10-12-24(13-11-23)36(34,35)32-19-26(22-6-2-1-3-7-22)25-8-4-5-9-27(25)32/h1-14,16-17,19H,18H2,(H,31,33). The third-order valence-corrected chi connectivity index (χ3v) is 7.50. The molecular weight excluding hydrogens is 472 g/mol. The Balaban J connectivity index is 1.42. The van der Waals surface area contributed by atoms with Crippen LogP contribution in [-0.4, -0.2) is 23.3 Å². The normalized spacial score (nSPS) is 11.2. The molecule has 5 rings (SSSR count). The number of carbonyl (C=O) groups excluding carboxylic acids is 1. The molecule has 0 aliphatic carbocycles. The number of amides is 1. The lowest BCUT2D eigenvalue weighted by molar-refractivity contribution is 0.0950. The van der Waals surface area contributed by atoms with E-state index in [0.717, 1.165) is 16.5 Å². The lowest BCUT2D eigenvalue weighted by atomic mass is 10.1. The van der Waals surface area contributed by atoms with Gasteiger partial charge >= 0.3 is 0 Å². The molecule has 1 N–H and O–H groups in total. The number of pyridine rings is 1. The van der Waals surface area contributed by atoms with E-state index in [1.54, 1.807) is 30.6 Å². The Hall–Kier alpha value is -4.74. The second kappa shape index (κ2) is 9.49. The molecule has 0 spiro atoms. The molecule has 0 bridgehead atoms. The molecule has 0 aliphatic rings. The van der Waals surface area contributed by atoms with Gasteiger partial charge in [-0.25, -0.2) is 12.4 Å². The molecule has 0 unspecified atom stereocenters. The minimum Gasteiger partial charge on any atom is -0.348 e. The number of nitrogens with zero attached hydrogens (tertiary/aromatic N) is 3. The zero-order valence-corrected chi connectivity index (χ0v) is 19.8. The SMILES string of the molecule is N#Cc1cncc(CNC(=O)c2ccc(S(=O)(=O)n3cc(-c4ccccc4)c4ccccc43)cc2)c1. The first-order valence-corrected chi connectivity index (χ1v) is 12.5. The summed E-state index contributed by atoms with van der Waals surface area (Å²) in [4.78, 5) is 16.6. The molecule has 0 fully saturated rings. The van der Waals surface area contributed by atoms with E-state index in [2.05, 4.69) is 10.3 Å². The molecule has 36 heavy (non-hydrogen) atoms. The Morgan fingerprint density at radius 2 is 1.67 bits per heavy atom. The maximum Gasteiger partial charge on any atom is 0.268 e. The van der Waals surface area contributed by atoms with Gasteiger partial charge in [0, 0.05) is 41.6 Å². The molecule has 0 saturated heterocycles. The average Bonchev–Trinajstić information content (AvgIpc) is 3.33. The van der Waals surface area contributed by atoms with E-state index >= 15 is 0 Å². The maximum absolute atomic E-state index is 13.6. The smallest absolute Gasteiger partial charge is 0.268 e. The van der Waals surface area contributed by atoms with Crippen LogP contribution in [0, 0.1) is 11.3 Å². The number of hydrogen-bond donors (Lipinski definition) is 1. The Morgan fingerprint density at radius 3 is 2.42 bits per heavy atom. The van der Waals surface area contributed by atoms with Crippen LogP contribution in [0.5, 0.6) is 0 Å².